The lowest BCUT2D eigenvalue weighted by Crippen LogP contribution is -2.26. The average Bonchev–Trinajstić information content (AvgIpc) is 2.55. The van der Waals surface area contributed by atoms with Crippen molar-refractivity contribution in [1.82, 2.24) is 10.3 Å². The number of hydrogen-bond donors (Lipinski definition) is 1. The van der Waals surface area contributed by atoms with Crippen LogP contribution in [0.4, 0.5) is 13.2 Å². The molecule has 1 atom stereocenters. The summed E-state index contributed by atoms with van der Waals surface area (Å²) < 4.78 is 37.6. The Balaban J connectivity index is 1.80. The number of pyridine rings is 1. The van der Waals surface area contributed by atoms with Crippen molar-refractivity contribution >= 4 is 5.91 Å². The minimum atomic E-state index is -4.35. The van der Waals surface area contributed by atoms with E-state index in [0.717, 1.165) is 17.8 Å². The van der Waals surface area contributed by atoms with E-state index in [-0.39, 0.29) is 11.9 Å². The number of halogens is 3. The second-order valence-electron chi connectivity index (χ2n) is 5.58. The number of carbonyl (C=O) groups excluding carboxylic acids is 1. The number of amides is 1. The second kappa shape index (κ2) is 7.95. The Bertz CT molecular complexity index is 654. The molecule has 2 rings (SSSR count). The maximum atomic E-state index is 12.5. The van der Waals surface area contributed by atoms with Gasteiger partial charge in [-0.05, 0) is 49.6 Å². The minimum Gasteiger partial charge on any atom is -0.350 e. The Kier molecular flexibility index (Phi) is 5.95. The molecule has 0 unspecified atom stereocenters. The van der Waals surface area contributed by atoms with E-state index in [1.165, 1.54) is 12.1 Å². The Morgan fingerprint density at radius 1 is 1.17 bits per heavy atom. The molecule has 1 N–H and O–H groups in total. The van der Waals surface area contributed by atoms with Gasteiger partial charge in [0.25, 0.3) is 0 Å². The van der Waals surface area contributed by atoms with E-state index in [2.05, 4.69) is 10.3 Å². The Morgan fingerprint density at radius 2 is 1.88 bits per heavy atom. The molecule has 6 heteroatoms. The molecule has 3 nitrogen and oxygen atoms in total. The molecule has 1 amide bonds. The van der Waals surface area contributed by atoms with Crippen molar-refractivity contribution < 1.29 is 18.0 Å². The summed E-state index contributed by atoms with van der Waals surface area (Å²) in [7, 11) is 0. The van der Waals surface area contributed by atoms with Crippen LogP contribution < -0.4 is 5.32 Å². The number of aryl methyl sites for hydroxylation is 1. The third-order valence-electron chi connectivity index (χ3n) is 3.68. The summed E-state index contributed by atoms with van der Waals surface area (Å²) in [6, 6.07) is 10.1. The predicted octanol–water partition coefficient (Wildman–Crippen LogP) is 4.30. The molecular formula is C18H19F3N2O. The van der Waals surface area contributed by atoms with Gasteiger partial charge in [0.05, 0.1) is 11.6 Å². The highest BCUT2D eigenvalue weighted by Crippen LogP contribution is 2.29. The lowest BCUT2D eigenvalue weighted by Gasteiger charge is -2.15. The van der Waals surface area contributed by atoms with E-state index in [9.17, 15) is 18.0 Å². The summed E-state index contributed by atoms with van der Waals surface area (Å²) >= 11 is 0. The van der Waals surface area contributed by atoms with Gasteiger partial charge in [0.1, 0.15) is 0 Å². The summed E-state index contributed by atoms with van der Waals surface area (Å²) in [5, 5.41) is 2.80. The summed E-state index contributed by atoms with van der Waals surface area (Å²) in [6.45, 7) is 1.75. The molecule has 1 heterocycles. The zero-order valence-corrected chi connectivity index (χ0v) is 13.3. The van der Waals surface area contributed by atoms with Crippen LogP contribution in [0.25, 0.3) is 0 Å². The number of nitrogens with zero attached hydrogens (tertiary/aromatic N) is 1. The van der Waals surface area contributed by atoms with Crippen LogP contribution in [-0.2, 0) is 17.4 Å². The lowest BCUT2D eigenvalue weighted by molar-refractivity contribution is -0.137. The van der Waals surface area contributed by atoms with Crippen LogP contribution in [0.15, 0.2) is 48.7 Å². The Hall–Kier alpha value is -2.37. The van der Waals surface area contributed by atoms with Crippen LogP contribution in [0.5, 0.6) is 0 Å². The summed E-state index contributed by atoms with van der Waals surface area (Å²) in [5.74, 6) is -0.127. The van der Waals surface area contributed by atoms with Gasteiger partial charge in [-0.3, -0.25) is 9.78 Å². The monoisotopic (exact) mass is 336 g/mol. The molecule has 0 saturated heterocycles. The fourth-order valence-corrected chi connectivity index (χ4v) is 2.33. The zero-order valence-electron chi connectivity index (χ0n) is 13.3. The summed E-state index contributed by atoms with van der Waals surface area (Å²) in [6.07, 6.45) is -0.911. The Labute approximate surface area is 138 Å². The first-order valence-electron chi connectivity index (χ1n) is 7.72. The van der Waals surface area contributed by atoms with Crippen LogP contribution in [0.1, 0.15) is 42.6 Å². The van der Waals surface area contributed by atoms with Crippen molar-refractivity contribution in [3.8, 4) is 0 Å². The van der Waals surface area contributed by atoms with E-state index in [1.807, 2.05) is 18.2 Å². The molecule has 0 fully saturated rings. The van der Waals surface area contributed by atoms with Crippen molar-refractivity contribution in [3.63, 3.8) is 0 Å². The van der Waals surface area contributed by atoms with Gasteiger partial charge < -0.3 is 5.32 Å². The van der Waals surface area contributed by atoms with Gasteiger partial charge in [0.2, 0.25) is 5.91 Å². The third kappa shape index (κ3) is 5.37. The van der Waals surface area contributed by atoms with E-state index in [4.69, 9.17) is 0 Å². The molecule has 0 saturated carbocycles. The van der Waals surface area contributed by atoms with Crippen molar-refractivity contribution in [2.24, 2.45) is 0 Å². The molecule has 1 aromatic heterocycles. The van der Waals surface area contributed by atoms with Crippen molar-refractivity contribution in [2.45, 2.75) is 38.4 Å². The molecule has 0 spiro atoms. The average molecular weight is 336 g/mol. The van der Waals surface area contributed by atoms with Crippen LogP contribution in [0, 0.1) is 0 Å². The zero-order chi connectivity index (χ0) is 17.6. The van der Waals surface area contributed by atoms with Crippen molar-refractivity contribution in [1.29, 1.82) is 0 Å². The molecule has 128 valence electrons. The number of nitrogens with one attached hydrogen (secondary N) is 1. The summed E-state index contributed by atoms with van der Waals surface area (Å²) in [5.41, 5.74) is 0.877. The first kappa shape index (κ1) is 18.0. The largest absolute Gasteiger partial charge is 0.416 e. The Morgan fingerprint density at radius 3 is 2.46 bits per heavy atom. The SMILES string of the molecule is C[C@H](NC(=O)CCCc1ccccn1)c1ccc(C(F)(F)F)cc1. The fraction of sp³-hybridized carbons (Fsp3) is 0.333. The van der Waals surface area contributed by atoms with Gasteiger partial charge in [-0.2, -0.15) is 13.2 Å². The van der Waals surface area contributed by atoms with Gasteiger partial charge >= 0.3 is 6.18 Å². The quantitative estimate of drug-likeness (QED) is 0.854. The maximum absolute atomic E-state index is 12.5. The maximum Gasteiger partial charge on any atom is 0.416 e. The highest BCUT2D eigenvalue weighted by atomic mass is 19.4. The number of carbonyl (C=O) groups is 1. The lowest BCUT2D eigenvalue weighted by atomic mass is 10.1. The molecule has 0 aliphatic carbocycles. The first-order chi connectivity index (χ1) is 11.4. The molecule has 0 aliphatic heterocycles. The fourth-order valence-electron chi connectivity index (χ4n) is 2.33. The van der Waals surface area contributed by atoms with E-state index < -0.39 is 11.7 Å². The molecule has 1 aromatic carbocycles. The molecule has 0 aliphatic rings. The second-order valence-corrected chi connectivity index (χ2v) is 5.58. The molecule has 2 aromatic rings. The smallest absolute Gasteiger partial charge is 0.350 e. The van der Waals surface area contributed by atoms with Crippen molar-refractivity contribution in [3.05, 3.63) is 65.5 Å². The van der Waals surface area contributed by atoms with Gasteiger partial charge in [-0.15, -0.1) is 0 Å². The number of aromatic nitrogens is 1. The van der Waals surface area contributed by atoms with Crippen LogP contribution in [0.2, 0.25) is 0 Å². The number of benzene rings is 1. The van der Waals surface area contributed by atoms with E-state index in [0.29, 0.717) is 24.8 Å². The molecule has 0 bridgehead atoms. The minimum absolute atomic E-state index is 0.127. The first-order valence-corrected chi connectivity index (χ1v) is 7.72. The normalized spacial score (nSPS) is 12.7. The van der Waals surface area contributed by atoms with Gasteiger partial charge in [0.15, 0.2) is 0 Å². The van der Waals surface area contributed by atoms with Gasteiger partial charge in [-0.25, -0.2) is 0 Å². The topological polar surface area (TPSA) is 42.0 Å². The molecular weight excluding hydrogens is 317 g/mol. The highest BCUT2D eigenvalue weighted by molar-refractivity contribution is 5.76. The predicted molar refractivity (Wildman–Crippen MR) is 85.2 cm³/mol. The molecule has 0 radical (unpaired) electrons. The van der Waals surface area contributed by atoms with Crippen LogP contribution >= 0.6 is 0 Å². The molecule has 24 heavy (non-hydrogen) atoms. The van der Waals surface area contributed by atoms with Gasteiger partial charge in [0, 0.05) is 18.3 Å². The number of hydrogen-bond acceptors (Lipinski definition) is 2. The number of alkyl halides is 3. The standard InChI is InChI=1S/C18H19F3N2O/c1-13(14-8-10-15(11-9-14)18(19,20)21)23-17(24)7-4-6-16-5-2-3-12-22-16/h2-3,5,8-13H,4,6-7H2,1H3,(H,23,24)/t13-/m0/s1. The van der Waals surface area contributed by atoms with Gasteiger partial charge in [-0.1, -0.05) is 18.2 Å². The van der Waals surface area contributed by atoms with E-state index >= 15 is 0 Å². The van der Waals surface area contributed by atoms with Crippen molar-refractivity contribution in [2.75, 3.05) is 0 Å². The van der Waals surface area contributed by atoms with Crippen LogP contribution in [-0.4, -0.2) is 10.9 Å². The highest BCUT2D eigenvalue weighted by Gasteiger charge is 2.30. The third-order valence-corrected chi connectivity index (χ3v) is 3.68. The number of rotatable bonds is 6. The summed E-state index contributed by atoms with van der Waals surface area (Å²) in [4.78, 5) is 16.1. The van der Waals surface area contributed by atoms with Crippen LogP contribution in [0.3, 0.4) is 0 Å². The van der Waals surface area contributed by atoms with E-state index in [1.54, 1.807) is 13.1 Å².